The van der Waals surface area contributed by atoms with Crippen LogP contribution in [0.3, 0.4) is 0 Å². The molecule has 0 aromatic carbocycles. The minimum Gasteiger partial charge on any atom is -0.466 e. The van der Waals surface area contributed by atoms with E-state index < -0.39 is 6.10 Å². The van der Waals surface area contributed by atoms with Gasteiger partial charge in [0.1, 0.15) is 17.2 Å². The van der Waals surface area contributed by atoms with Crippen LogP contribution in [0.15, 0.2) is 22.6 Å². The lowest BCUT2D eigenvalue weighted by molar-refractivity contribution is 0.0931. The van der Waals surface area contributed by atoms with Gasteiger partial charge >= 0.3 is 0 Å². The zero-order valence-electron chi connectivity index (χ0n) is 12.7. The van der Waals surface area contributed by atoms with E-state index in [0.29, 0.717) is 13.0 Å². The molecule has 2 aromatic heterocycles. The molecule has 1 aliphatic rings. The first-order valence-electron chi connectivity index (χ1n) is 7.40. The Morgan fingerprint density at radius 2 is 2.39 bits per heavy atom. The van der Waals surface area contributed by atoms with Crippen LogP contribution in [-0.4, -0.2) is 45.9 Å². The summed E-state index contributed by atoms with van der Waals surface area (Å²) >= 11 is 0. The molecule has 1 aliphatic heterocycles. The van der Waals surface area contributed by atoms with E-state index in [1.165, 1.54) is 10.7 Å². The number of aromatic nitrogens is 2. The summed E-state index contributed by atoms with van der Waals surface area (Å²) < 4.78 is 6.78. The number of β-amino-alcohol motifs (C(OH)–C–C–N with tert-alkyl or cyclic N) is 1. The largest absolute Gasteiger partial charge is 0.466 e. The highest BCUT2D eigenvalue weighted by molar-refractivity contribution is 5.98. The summed E-state index contributed by atoms with van der Waals surface area (Å²) in [6, 6.07) is 5.17. The van der Waals surface area contributed by atoms with Gasteiger partial charge < -0.3 is 20.2 Å². The highest BCUT2D eigenvalue weighted by Gasteiger charge is 2.24. The third-order valence-corrected chi connectivity index (χ3v) is 3.58. The van der Waals surface area contributed by atoms with Crippen molar-refractivity contribution in [3.8, 4) is 0 Å². The first-order chi connectivity index (χ1) is 11.0. The molecule has 0 radical (unpaired) electrons. The van der Waals surface area contributed by atoms with E-state index in [1.807, 2.05) is 19.1 Å². The lowest BCUT2D eigenvalue weighted by Crippen LogP contribution is -2.30. The van der Waals surface area contributed by atoms with Crippen molar-refractivity contribution >= 4 is 11.8 Å². The first kappa shape index (κ1) is 15.3. The summed E-state index contributed by atoms with van der Waals surface area (Å²) in [5.74, 6) is 0.912. The Hall–Kier alpha value is -2.61. The molecule has 2 aromatic rings. The molecule has 0 bridgehead atoms. The fourth-order valence-corrected chi connectivity index (χ4v) is 2.42. The van der Waals surface area contributed by atoms with Crippen LogP contribution in [0.4, 0.5) is 0 Å². The monoisotopic (exact) mass is 318 g/mol. The summed E-state index contributed by atoms with van der Waals surface area (Å²) in [4.78, 5) is 24.0. The molecular formula is C15H18N4O4. The van der Waals surface area contributed by atoms with Gasteiger partial charge in [-0.3, -0.25) is 14.3 Å². The molecule has 0 saturated heterocycles. The number of nitrogens with one attached hydrogen (secondary N) is 2. The summed E-state index contributed by atoms with van der Waals surface area (Å²) in [5, 5.41) is 19.1. The van der Waals surface area contributed by atoms with E-state index in [9.17, 15) is 14.7 Å². The fraction of sp³-hybridized carbons (Fsp3) is 0.400. The van der Waals surface area contributed by atoms with Gasteiger partial charge in [0.15, 0.2) is 5.69 Å². The quantitative estimate of drug-likeness (QED) is 0.727. The Balaban J connectivity index is 1.63. The van der Waals surface area contributed by atoms with Crippen LogP contribution < -0.4 is 10.6 Å². The van der Waals surface area contributed by atoms with Crippen molar-refractivity contribution in [3.05, 3.63) is 41.1 Å². The maximum atomic E-state index is 12.1. The molecule has 8 heteroatoms. The van der Waals surface area contributed by atoms with Gasteiger partial charge in [0, 0.05) is 25.6 Å². The van der Waals surface area contributed by atoms with Crippen LogP contribution in [0.5, 0.6) is 0 Å². The second kappa shape index (κ2) is 6.25. The number of fused-ring (bicyclic) bond motifs is 1. The number of carbonyl (C=O) groups excluding carboxylic acids is 2. The Morgan fingerprint density at radius 3 is 3.13 bits per heavy atom. The maximum Gasteiger partial charge on any atom is 0.271 e. The molecule has 0 spiro atoms. The van der Waals surface area contributed by atoms with Crippen molar-refractivity contribution in [2.24, 2.45) is 0 Å². The molecule has 1 atom stereocenters. The average Bonchev–Trinajstić information content (AvgIpc) is 3.08. The molecule has 23 heavy (non-hydrogen) atoms. The van der Waals surface area contributed by atoms with E-state index in [1.54, 1.807) is 0 Å². The van der Waals surface area contributed by atoms with Crippen LogP contribution in [0.1, 0.15) is 32.5 Å². The van der Waals surface area contributed by atoms with Gasteiger partial charge in [-0.15, -0.1) is 0 Å². The number of amides is 2. The summed E-state index contributed by atoms with van der Waals surface area (Å²) in [7, 11) is 0. The molecule has 0 saturated carbocycles. The van der Waals surface area contributed by atoms with E-state index in [2.05, 4.69) is 15.7 Å². The highest BCUT2D eigenvalue weighted by atomic mass is 16.3. The van der Waals surface area contributed by atoms with Gasteiger partial charge in [-0.25, -0.2) is 0 Å². The second-order valence-corrected chi connectivity index (χ2v) is 5.48. The van der Waals surface area contributed by atoms with Crippen molar-refractivity contribution in [2.45, 2.75) is 26.0 Å². The number of aliphatic hydroxyl groups excluding tert-OH is 1. The first-order valence-corrected chi connectivity index (χ1v) is 7.40. The molecule has 1 unspecified atom stereocenters. The predicted octanol–water partition coefficient (Wildman–Crippen LogP) is -0.139. The van der Waals surface area contributed by atoms with Crippen LogP contribution in [0.25, 0.3) is 0 Å². The lowest BCUT2D eigenvalue weighted by atomic mass is 10.3. The predicted molar refractivity (Wildman–Crippen MR) is 80.0 cm³/mol. The molecule has 0 fully saturated rings. The number of aryl methyl sites for hydroxylation is 1. The third-order valence-electron chi connectivity index (χ3n) is 3.58. The van der Waals surface area contributed by atoms with Gasteiger partial charge in [0.2, 0.25) is 0 Å². The Labute approximate surface area is 132 Å². The Morgan fingerprint density at radius 1 is 1.57 bits per heavy atom. The van der Waals surface area contributed by atoms with E-state index in [-0.39, 0.29) is 36.3 Å². The molecule has 2 amide bonds. The molecule has 3 rings (SSSR count). The number of hydrogen-bond acceptors (Lipinski definition) is 5. The Bertz CT molecular complexity index is 734. The zero-order valence-corrected chi connectivity index (χ0v) is 12.7. The summed E-state index contributed by atoms with van der Waals surface area (Å²) in [6.07, 6.45) is -0.148. The number of carbonyl (C=O) groups is 2. The second-order valence-electron chi connectivity index (χ2n) is 5.48. The van der Waals surface area contributed by atoms with E-state index >= 15 is 0 Å². The number of aliphatic hydroxyl groups is 1. The number of furan rings is 1. The van der Waals surface area contributed by atoms with Gasteiger partial charge in [-0.05, 0) is 19.1 Å². The van der Waals surface area contributed by atoms with Crippen molar-refractivity contribution in [2.75, 3.05) is 13.1 Å². The molecular weight excluding hydrogens is 300 g/mol. The topological polar surface area (TPSA) is 109 Å². The normalized spacial score (nSPS) is 17.3. The Kier molecular flexibility index (Phi) is 4.16. The number of nitrogens with zero attached hydrogens (tertiary/aromatic N) is 2. The van der Waals surface area contributed by atoms with Crippen molar-refractivity contribution in [3.63, 3.8) is 0 Å². The highest BCUT2D eigenvalue weighted by Crippen LogP contribution is 2.10. The summed E-state index contributed by atoms with van der Waals surface area (Å²) in [6.45, 7) is 2.61. The van der Waals surface area contributed by atoms with Gasteiger partial charge in [0.25, 0.3) is 11.8 Å². The zero-order chi connectivity index (χ0) is 16.4. The van der Waals surface area contributed by atoms with Crippen molar-refractivity contribution in [1.29, 1.82) is 0 Å². The molecule has 8 nitrogen and oxygen atoms in total. The van der Waals surface area contributed by atoms with Crippen molar-refractivity contribution < 1.29 is 19.1 Å². The standard InChI is InChI=1S/C15H18N4O4/c1-9-2-3-11(23-9)4-5-16-14(21)12-6-13-15(22)17-7-10(20)8-19(13)18-12/h2-3,6,10,20H,4-5,7-8H2,1H3,(H,16,21)(H,17,22). The SMILES string of the molecule is Cc1ccc(CCNC(=O)c2cc3n(n2)CC(O)CNC3=O)o1. The third kappa shape index (κ3) is 3.42. The van der Waals surface area contributed by atoms with Crippen LogP contribution >= 0.6 is 0 Å². The lowest BCUT2D eigenvalue weighted by Gasteiger charge is -2.06. The fourth-order valence-electron chi connectivity index (χ4n) is 2.42. The maximum absolute atomic E-state index is 12.1. The minimum absolute atomic E-state index is 0.153. The smallest absolute Gasteiger partial charge is 0.271 e. The number of rotatable bonds is 4. The van der Waals surface area contributed by atoms with Gasteiger partial charge in [-0.1, -0.05) is 0 Å². The number of hydrogen-bond donors (Lipinski definition) is 3. The van der Waals surface area contributed by atoms with Crippen LogP contribution in [0.2, 0.25) is 0 Å². The van der Waals surface area contributed by atoms with Crippen molar-refractivity contribution in [1.82, 2.24) is 20.4 Å². The van der Waals surface area contributed by atoms with Crippen LogP contribution in [0, 0.1) is 6.92 Å². The van der Waals surface area contributed by atoms with Crippen LogP contribution in [-0.2, 0) is 13.0 Å². The molecule has 3 heterocycles. The molecule has 3 N–H and O–H groups in total. The average molecular weight is 318 g/mol. The summed E-state index contributed by atoms with van der Waals surface area (Å²) in [5.41, 5.74) is 0.424. The molecule has 122 valence electrons. The van der Waals surface area contributed by atoms with E-state index in [0.717, 1.165) is 11.5 Å². The van der Waals surface area contributed by atoms with Gasteiger partial charge in [-0.2, -0.15) is 5.10 Å². The van der Waals surface area contributed by atoms with E-state index in [4.69, 9.17) is 4.42 Å². The van der Waals surface area contributed by atoms with Gasteiger partial charge in [0.05, 0.1) is 12.6 Å². The minimum atomic E-state index is -0.724. The molecule has 0 aliphatic carbocycles.